The number of benzene rings is 1. The molecule has 0 aliphatic carbocycles. The number of halogens is 2. The van der Waals surface area contributed by atoms with Crippen molar-refractivity contribution >= 4 is 5.97 Å². The lowest BCUT2D eigenvalue weighted by Gasteiger charge is -2.31. The highest BCUT2D eigenvalue weighted by atomic mass is 19.3. The van der Waals surface area contributed by atoms with Crippen molar-refractivity contribution < 1.29 is 28.2 Å². The zero-order valence-electron chi connectivity index (χ0n) is 8.73. The van der Waals surface area contributed by atoms with Gasteiger partial charge < -0.3 is 14.6 Å². The van der Waals surface area contributed by atoms with Gasteiger partial charge in [0.2, 0.25) is 0 Å². The second kappa shape index (κ2) is 4.20. The zero-order chi connectivity index (χ0) is 12.5. The van der Waals surface area contributed by atoms with Crippen molar-refractivity contribution in [1.82, 2.24) is 0 Å². The molecular formula is C11H10F2O4. The molecule has 0 saturated heterocycles. The van der Waals surface area contributed by atoms with Crippen molar-refractivity contribution in [3.05, 3.63) is 24.3 Å². The quantitative estimate of drug-likeness (QED) is 0.882. The summed E-state index contributed by atoms with van der Waals surface area (Å²) in [6, 6.07) is 6.41. The van der Waals surface area contributed by atoms with E-state index < -0.39 is 24.4 Å². The number of para-hydroxylation sites is 2. The van der Waals surface area contributed by atoms with Crippen LogP contribution in [0, 0.1) is 0 Å². The lowest BCUT2D eigenvalue weighted by atomic mass is 10.1. The number of rotatable bonds is 3. The van der Waals surface area contributed by atoms with Gasteiger partial charge >= 0.3 is 5.97 Å². The molecule has 1 aliphatic heterocycles. The van der Waals surface area contributed by atoms with Crippen molar-refractivity contribution in [3.8, 4) is 11.5 Å². The Morgan fingerprint density at radius 2 is 2.06 bits per heavy atom. The van der Waals surface area contributed by atoms with Crippen LogP contribution in [0.25, 0.3) is 0 Å². The van der Waals surface area contributed by atoms with Crippen LogP contribution in [0.4, 0.5) is 8.78 Å². The molecule has 0 bridgehead atoms. The molecule has 0 radical (unpaired) electrons. The second-order valence-corrected chi connectivity index (χ2v) is 3.70. The van der Waals surface area contributed by atoms with Crippen LogP contribution < -0.4 is 9.47 Å². The molecule has 1 N–H and O–H groups in total. The van der Waals surface area contributed by atoms with Crippen LogP contribution in [0.3, 0.4) is 0 Å². The first-order valence-corrected chi connectivity index (χ1v) is 4.97. The molecule has 1 unspecified atom stereocenters. The fraction of sp³-hybridized carbons (Fsp3) is 0.364. The van der Waals surface area contributed by atoms with Gasteiger partial charge in [-0.1, -0.05) is 12.1 Å². The predicted molar refractivity (Wildman–Crippen MR) is 53.6 cm³/mol. The van der Waals surface area contributed by atoms with Crippen molar-refractivity contribution in [2.24, 2.45) is 0 Å². The highest BCUT2D eigenvalue weighted by Gasteiger charge is 2.46. The third-order valence-corrected chi connectivity index (χ3v) is 2.37. The topological polar surface area (TPSA) is 55.8 Å². The molecule has 0 spiro atoms. The molecule has 4 nitrogen and oxygen atoms in total. The Morgan fingerprint density at radius 3 is 2.71 bits per heavy atom. The summed E-state index contributed by atoms with van der Waals surface area (Å²) in [4.78, 5) is 10.3. The van der Waals surface area contributed by atoms with Crippen LogP contribution in [-0.4, -0.2) is 29.7 Å². The van der Waals surface area contributed by atoms with E-state index in [1.54, 1.807) is 18.2 Å². The van der Waals surface area contributed by atoms with Crippen LogP contribution in [0.15, 0.2) is 24.3 Å². The summed E-state index contributed by atoms with van der Waals surface area (Å²) in [6.07, 6.45) is -2.85. The van der Waals surface area contributed by atoms with Gasteiger partial charge in [0.25, 0.3) is 5.92 Å². The number of carboxylic acid groups (broad SMARTS) is 1. The van der Waals surface area contributed by atoms with Crippen LogP contribution in [-0.2, 0) is 4.79 Å². The number of alkyl halides is 2. The number of aliphatic carboxylic acids is 1. The number of ether oxygens (including phenoxy) is 2. The molecule has 1 aromatic rings. The Morgan fingerprint density at radius 1 is 1.41 bits per heavy atom. The van der Waals surface area contributed by atoms with Crippen molar-refractivity contribution in [2.75, 3.05) is 6.61 Å². The fourth-order valence-corrected chi connectivity index (χ4v) is 1.54. The Kier molecular flexibility index (Phi) is 2.87. The van der Waals surface area contributed by atoms with Gasteiger partial charge in [-0.15, -0.1) is 0 Å². The Bertz CT molecular complexity index is 433. The van der Waals surface area contributed by atoms with E-state index in [9.17, 15) is 13.6 Å². The maximum Gasteiger partial charge on any atom is 0.309 e. The molecule has 1 aromatic carbocycles. The minimum Gasteiger partial charge on any atom is -0.486 e. The molecule has 0 amide bonds. The van der Waals surface area contributed by atoms with Gasteiger partial charge in [0, 0.05) is 0 Å². The molecule has 92 valence electrons. The van der Waals surface area contributed by atoms with Crippen molar-refractivity contribution in [2.45, 2.75) is 18.4 Å². The number of hydrogen-bond donors (Lipinski definition) is 1. The van der Waals surface area contributed by atoms with Crippen molar-refractivity contribution in [1.29, 1.82) is 0 Å². The van der Waals surface area contributed by atoms with Crippen LogP contribution >= 0.6 is 0 Å². The summed E-state index contributed by atoms with van der Waals surface area (Å²) in [6.45, 7) is -0.364. The van der Waals surface area contributed by atoms with Crippen molar-refractivity contribution in [3.63, 3.8) is 0 Å². The van der Waals surface area contributed by atoms with E-state index in [4.69, 9.17) is 14.6 Å². The first-order chi connectivity index (χ1) is 7.99. The minimum atomic E-state index is -3.46. The predicted octanol–water partition coefficient (Wildman–Crippen LogP) is 1.94. The highest BCUT2D eigenvalue weighted by molar-refractivity contribution is 5.68. The third-order valence-electron chi connectivity index (χ3n) is 2.37. The lowest BCUT2D eigenvalue weighted by Crippen LogP contribution is -2.45. The van der Waals surface area contributed by atoms with E-state index >= 15 is 0 Å². The molecule has 2 rings (SSSR count). The largest absolute Gasteiger partial charge is 0.486 e. The van der Waals surface area contributed by atoms with E-state index in [0.717, 1.165) is 0 Å². The minimum absolute atomic E-state index is 0.203. The number of fused-ring (bicyclic) bond motifs is 1. The molecular weight excluding hydrogens is 234 g/mol. The van der Waals surface area contributed by atoms with Gasteiger partial charge in [0.1, 0.15) is 13.0 Å². The normalized spacial score (nSPS) is 18.8. The SMILES string of the molecule is O=C(O)CC(F)(F)C1COc2ccccc2O1. The monoisotopic (exact) mass is 244 g/mol. The van der Waals surface area contributed by atoms with Gasteiger partial charge in [-0.05, 0) is 12.1 Å². The first-order valence-electron chi connectivity index (χ1n) is 4.97. The van der Waals surface area contributed by atoms with Gasteiger partial charge in [-0.3, -0.25) is 4.79 Å². The number of carbonyl (C=O) groups is 1. The van der Waals surface area contributed by atoms with E-state index in [1.165, 1.54) is 6.07 Å². The molecule has 1 atom stereocenters. The summed E-state index contributed by atoms with van der Waals surface area (Å²) < 4.78 is 37.1. The Balaban J connectivity index is 2.14. The molecule has 6 heteroatoms. The van der Waals surface area contributed by atoms with Gasteiger partial charge in [-0.2, -0.15) is 0 Å². The molecule has 1 aliphatic rings. The lowest BCUT2D eigenvalue weighted by molar-refractivity contribution is -0.158. The second-order valence-electron chi connectivity index (χ2n) is 3.70. The number of hydrogen-bond acceptors (Lipinski definition) is 3. The van der Waals surface area contributed by atoms with Crippen LogP contribution in [0.1, 0.15) is 6.42 Å². The molecule has 1 heterocycles. The summed E-state index contributed by atoms with van der Waals surface area (Å²) in [5.74, 6) is -4.44. The van der Waals surface area contributed by atoms with Gasteiger partial charge in [-0.25, -0.2) is 8.78 Å². The summed E-state index contributed by atoms with van der Waals surface area (Å²) in [5, 5.41) is 8.40. The Hall–Kier alpha value is -1.85. The summed E-state index contributed by atoms with van der Waals surface area (Å²) >= 11 is 0. The standard InChI is InChI=1S/C11H10F2O4/c12-11(13,5-10(14)15)9-6-16-7-3-1-2-4-8(7)17-9/h1-4,9H,5-6H2,(H,14,15). The number of carboxylic acids is 1. The smallest absolute Gasteiger partial charge is 0.309 e. The summed E-state index contributed by atoms with van der Waals surface area (Å²) in [7, 11) is 0. The van der Waals surface area contributed by atoms with E-state index in [-0.39, 0.29) is 12.4 Å². The van der Waals surface area contributed by atoms with E-state index in [2.05, 4.69) is 0 Å². The zero-order valence-corrected chi connectivity index (χ0v) is 8.73. The highest BCUT2D eigenvalue weighted by Crippen LogP contribution is 2.36. The first kappa shape index (κ1) is 11.6. The summed E-state index contributed by atoms with van der Waals surface area (Å²) in [5.41, 5.74) is 0. The van der Waals surface area contributed by atoms with E-state index in [1.807, 2.05) is 0 Å². The molecule has 0 saturated carbocycles. The van der Waals surface area contributed by atoms with Gasteiger partial charge in [0.05, 0.1) is 0 Å². The van der Waals surface area contributed by atoms with Crippen LogP contribution in [0.2, 0.25) is 0 Å². The average molecular weight is 244 g/mol. The van der Waals surface area contributed by atoms with Gasteiger partial charge in [0.15, 0.2) is 17.6 Å². The third kappa shape index (κ3) is 2.46. The maximum absolute atomic E-state index is 13.5. The Labute approximate surface area is 95.8 Å². The molecule has 0 aromatic heterocycles. The maximum atomic E-state index is 13.5. The fourth-order valence-electron chi connectivity index (χ4n) is 1.54. The van der Waals surface area contributed by atoms with Crippen LogP contribution in [0.5, 0.6) is 11.5 Å². The molecule has 0 fully saturated rings. The van der Waals surface area contributed by atoms with E-state index in [0.29, 0.717) is 5.75 Å². The molecule has 17 heavy (non-hydrogen) atoms. The average Bonchev–Trinajstić information content (AvgIpc) is 2.26.